The van der Waals surface area contributed by atoms with Gasteiger partial charge < -0.3 is 15.0 Å². The van der Waals surface area contributed by atoms with Crippen LogP contribution < -0.4 is 5.32 Å². The first-order chi connectivity index (χ1) is 10.0. The SMILES string of the molecule is CCCn1cc(Br)cc1C(=O)Nc1cnccc1C(=O)O. The summed E-state index contributed by atoms with van der Waals surface area (Å²) in [5.74, 6) is -1.48. The van der Waals surface area contributed by atoms with Crippen molar-refractivity contribution in [2.24, 2.45) is 0 Å². The lowest BCUT2D eigenvalue weighted by molar-refractivity contribution is 0.0698. The highest BCUT2D eigenvalue weighted by molar-refractivity contribution is 9.10. The maximum atomic E-state index is 12.3. The fourth-order valence-corrected chi connectivity index (χ4v) is 2.42. The van der Waals surface area contributed by atoms with E-state index in [0.717, 1.165) is 10.9 Å². The molecule has 0 unspecified atom stereocenters. The topological polar surface area (TPSA) is 84.2 Å². The summed E-state index contributed by atoms with van der Waals surface area (Å²) >= 11 is 3.34. The molecular formula is C14H14BrN3O3. The second kappa shape index (κ2) is 6.53. The fraction of sp³-hybridized carbons (Fsp3) is 0.214. The molecule has 0 radical (unpaired) electrons. The van der Waals surface area contributed by atoms with Crippen molar-refractivity contribution in [1.29, 1.82) is 0 Å². The summed E-state index contributed by atoms with van der Waals surface area (Å²) in [6.45, 7) is 2.71. The van der Waals surface area contributed by atoms with Crippen molar-refractivity contribution in [1.82, 2.24) is 9.55 Å². The average molecular weight is 352 g/mol. The number of hydrogen-bond acceptors (Lipinski definition) is 3. The third-order valence-corrected chi connectivity index (χ3v) is 3.29. The number of anilines is 1. The second-order valence-corrected chi connectivity index (χ2v) is 5.33. The predicted octanol–water partition coefficient (Wildman–Crippen LogP) is 3.01. The highest BCUT2D eigenvalue weighted by atomic mass is 79.9. The molecule has 0 atom stereocenters. The summed E-state index contributed by atoms with van der Waals surface area (Å²) in [4.78, 5) is 27.3. The van der Waals surface area contributed by atoms with Crippen molar-refractivity contribution < 1.29 is 14.7 Å². The summed E-state index contributed by atoms with van der Waals surface area (Å²) in [5.41, 5.74) is 0.644. The van der Waals surface area contributed by atoms with Crippen LogP contribution in [0.5, 0.6) is 0 Å². The van der Waals surface area contributed by atoms with E-state index in [9.17, 15) is 9.59 Å². The van der Waals surface area contributed by atoms with Crippen molar-refractivity contribution in [3.8, 4) is 0 Å². The molecule has 0 aliphatic carbocycles. The molecule has 0 aromatic carbocycles. The maximum Gasteiger partial charge on any atom is 0.337 e. The van der Waals surface area contributed by atoms with Gasteiger partial charge >= 0.3 is 5.97 Å². The Kier molecular flexibility index (Phi) is 4.74. The molecule has 110 valence electrons. The molecule has 0 bridgehead atoms. The van der Waals surface area contributed by atoms with Gasteiger partial charge in [0.15, 0.2) is 0 Å². The fourth-order valence-electron chi connectivity index (χ4n) is 1.96. The lowest BCUT2D eigenvalue weighted by Gasteiger charge is -2.10. The van der Waals surface area contributed by atoms with E-state index in [1.54, 1.807) is 6.07 Å². The third kappa shape index (κ3) is 3.49. The number of nitrogens with zero attached hydrogens (tertiary/aromatic N) is 2. The van der Waals surface area contributed by atoms with Crippen LogP contribution in [0.3, 0.4) is 0 Å². The molecule has 2 aromatic rings. The van der Waals surface area contributed by atoms with Gasteiger partial charge in [0.1, 0.15) is 5.69 Å². The number of aromatic nitrogens is 2. The van der Waals surface area contributed by atoms with Gasteiger partial charge in [0.25, 0.3) is 5.91 Å². The maximum absolute atomic E-state index is 12.3. The van der Waals surface area contributed by atoms with Gasteiger partial charge in [-0.05, 0) is 34.5 Å². The van der Waals surface area contributed by atoms with Crippen LogP contribution in [-0.2, 0) is 6.54 Å². The predicted molar refractivity (Wildman–Crippen MR) is 81.6 cm³/mol. The lowest BCUT2D eigenvalue weighted by atomic mass is 10.2. The number of hydrogen-bond donors (Lipinski definition) is 2. The van der Waals surface area contributed by atoms with Gasteiger partial charge in [0, 0.05) is 23.4 Å². The number of aromatic carboxylic acids is 1. The zero-order chi connectivity index (χ0) is 15.4. The number of halogens is 1. The van der Waals surface area contributed by atoms with Crippen LogP contribution in [0.2, 0.25) is 0 Å². The van der Waals surface area contributed by atoms with E-state index in [4.69, 9.17) is 5.11 Å². The molecule has 0 saturated heterocycles. The first-order valence-corrected chi connectivity index (χ1v) is 7.16. The number of aryl methyl sites for hydroxylation is 1. The number of carbonyl (C=O) groups excluding carboxylic acids is 1. The lowest BCUT2D eigenvalue weighted by Crippen LogP contribution is -2.18. The molecule has 2 N–H and O–H groups in total. The van der Waals surface area contributed by atoms with Crippen LogP contribution in [0.4, 0.5) is 5.69 Å². The Morgan fingerprint density at radius 3 is 2.90 bits per heavy atom. The van der Waals surface area contributed by atoms with E-state index in [-0.39, 0.29) is 17.2 Å². The minimum absolute atomic E-state index is 0.00557. The molecule has 0 saturated carbocycles. The van der Waals surface area contributed by atoms with Crippen LogP contribution in [0.15, 0.2) is 35.2 Å². The summed E-state index contributed by atoms with van der Waals surface area (Å²) in [5, 5.41) is 11.7. The van der Waals surface area contributed by atoms with E-state index in [1.165, 1.54) is 18.5 Å². The minimum Gasteiger partial charge on any atom is -0.478 e. The quantitative estimate of drug-likeness (QED) is 0.866. The number of rotatable bonds is 5. The zero-order valence-corrected chi connectivity index (χ0v) is 12.9. The number of carboxylic acids is 1. The Morgan fingerprint density at radius 1 is 1.48 bits per heavy atom. The molecule has 1 amide bonds. The normalized spacial score (nSPS) is 10.4. The molecule has 21 heavy (non-hydrogen) atoms. The van der Waals surface area contributed by atoms with E-state index < -0.39 is 5.97 Å². The average Bonchev–Trinajstić information content (AvgIpc) is 2.80. The molecule has 0 aliphatic heterocycles. The molecule has 2 aromatic heterocycles. The summed E-state index contributed by atoms with van der Waals surface area (Å²) in [7, 11) is 0. The van der Waals surface area contributed by atoms with Crippen LogP contribution in [0.1, 0.15) is 34.2 Å². The van der Waals surface area contributed by atoms with Gasteiger partial charge in [-0.1, -0.05) is 6.92 Å². The van der Waals surface area contributed by atoms with E-state index in [0.29, 0.717) is 12.2 Å². The molecule has 0 aliphatic rings. The highest BCUT2D eigenvalue weighted by Gasteiger charge is 2.16. The van der Waals surface area contributed by atoms with Gasteiger partial charge in [-0.15, -0.1) is 0 Å². The van der Waals surface area contributed by atoms with Crippen molar-refractivity contribution in [3.63, 3.8) is 0 Å². The van der Waals surface area contributed by atoms with Gasteiger partial charge in [-0.3, -0.25) is 9.78 Å². The summed E-state index contributed by atoms with van der Waals surface area (Å²) in [6.07, 6.45) is 5.40. The Balaban J connectivity index is 2.28. The van der Waals surface area contributed by atoms with Gasteiger partial charge in [-0.2, -0.15) is 0 Å². The van der Waals surface area contributed by atoms with Crippen LogP contribution in [0.25, 0.3) is 0 Å². The van der Waals surface area contributed by atoms with Crippen molar-refractivity contribution >= 4 is 33.5 Å². The van der Waals surface area contributed by atoms with E-state index in [1.807, 2.05) is 17.7 Å². The molecule has 2 rings (SSSR count). The number of carboxylic acid groups (broad SMARTS) is 1. The third-order valence-electron chi connectivity index (χ3n) is 2.86. The minimum atomic E-state index is -1.11. The summed E-state index contributed by atoms with van der Waals surface area (Å²) in [6, 6.07) is 3.04. The van der Waals surface area contributed by atoms with Crippen LogP contribution in [-0.4, -0.2) is 26.5 Å². The first-order valence-electron chi connectivity index (χ1n) is 6.37. The van der Waals surface area contributed by atoms with Crippen LogP contribution in [0, 0.1) is 0 Å². The van der Waals surface area contributed by atoms with Gasteiger partial charge in [-0.25, -0.2) is 4.79 Å². The molecule has 6 nitrogen and oxygen atoms in total. The Labute approximate surface area is 129 Å². The van der Waals surface area contributed by atoms with Crippen molar-refractivity contribution in [2.45, 2.75) is 19.9 Å². The van der Waals surface area contributed by atoms with Gasteiger partial charge in [0.05, 0.1) is 17.4 Å². The van der Waals surface area contributed by atoms with Crippen molar-refractivity contribution in [2.75, 3.05) is 5.32 Å². The van der Waals surface area contributed by atoms with Gasteiger partial charge in [0.2, 0.25) is 0 Å². The monoisotopic (exact) mass is 351 g/mol. The first kappa shape index (κ1) is 15.2. The molecular weight excluding hydrogens is 338 g/mol. The molecule has 0 fully saturated rings. The largest absolute Gasteiger partial charge is 0.478 e. The number of amides is 1. The molecule has 7 heteroatoms. The number of nitrogens with one attached hydrogen (secondary N) is 1. The Bertz CT molecular complexity index is 682. The smallest absolute Gasteiger partial charge is 0.337 e. The van der Waals surface area contributed by atoms with Crippen LogP contribution >= 0.6 is 15.9 Å². The summed E-state index contributed by atoms with van der Waals surface area (Å²) < 4.78 is 2.61. The molecule has 2 heterocycles. The zero-order valence-electron chi connectivity index (χ0n) is 11.3. The Hall–Kier alpha value is -2.15. The highest BCUT2D eigenvalue weighted by Crippen LogP contribution is 2.19. The standard InChI is InChI=1S/C14H14BrN3O3/c1-2-5-18-8-9(15)6-12(18)13(19)17-11-7-16-4-3-10(11)14(20)21/h3-4,6-8H,2,5H2,1H3,(H,17,19)(H,20,21). The van der Waals surface area contributed by atoms with E-state index in [2.05, 4.69) is 26.2 Å². The van der Waals surface area contributed by atoms with E-state index >= 15 is 0 Å². The second-order valence-electron chi connectivity index (χ2n) is 4.42. The molecule has 0 spiro atoms. The van der Waals surface area contributed by atoms with Crippen molar-refractivity contribution in [3.05, 3.63) is 46.5 Å². The Morgan fingerprint density at radius 2 is 2.24 bits per heavy atom. The number of carbonyl (C=O) groups is 2. The number of pyridine rings is 1.